The molecular formula is C51H58Cl2Zr-2. The topological polar surface area (TPSA) is 0 Å². The first-order valence-electron chi connectivity index (χ1n) is 19.1. The monoisotopic (exact) mass is 830 g/mol. The quantitative estimate of drug-likeness (QED) is 0.229. The third-order valence-corrected chi connectivity index (χ3v) is 12.6. The van der Waals surface area contributed by atoms with Crippen LogP contribution in [0.5, 0.6) is 0 Å². The van der Waals surface area contributed by atoms with E-state index in [4.69, 9.17) is 0 Å². The minimum absolute atomic E-state index is 0. The van der Waals surface area contributed by atoms with E-state index in [-0.39, 0.29) is 46.5 Å². The molecule has 0 unspecified atom stereocenters. The molecule has 4 aliphatic carbocycles. The van der Waals surface area contributed by atoms with Crippen LogP contribution in [0.3, 0.4) is 0 Å². The first kappa shape index (κ1) is 43.9. The fourth-order valence-electron chi connectivity index (χ4n) is 8.43. The zero-order valence-corrected chi connectivity index (χ0v) is 38.5. The van der Waals surface area contributed by atoms with Gasteiger partial charge in [-0.1, -0.05) is 75.1 Å². The van der Waals surface area contributed by atoms with Gasteiger partial charge in [-0.05, 0) is 53.0 Å². The summed E-state index contributed by atoms with van der Waals surface area (Å²) < 4.78 is 1.42. The molecule has 8 rings (SSSR count). The van der Waals surface area contributed by atoms with Crippen molar-refractivity contribution in [3.63, 3.8) is 0 Å². The molecule has 4 aliphatic rings. The maximum absolute atomic E-state index is 2.48. The van der Waals surface area contributed by atoms with Crippen molar-refractivity contribution in [1.82, 2.24) is 0 Å². The molecule has 0 nitrogen and oxygen atoms in total. The van der Waals surface area contributed by atoms with Crippen LogP contribution in [0, 0.1) is 11.8 Å². The Bertz CT molecular complexity index is 2140. The Balaban J connectivity index is 0.000000208. The van der Waals surface area contributed by atoms with Crippen molar-refractivity contribution in [2.45, 2.75) is 112 Å². The van der Waals surface area contributed by atoms with E-state index in [1.165, 1.54) is 76.8 Å². The van der Waals surface area contributed by atoms with Crippen molar-refractivity contribution in [3.8, 4) is 0 Å². The van der Waals surface area contributed by atoms with Crippen LogP contribution in [-0.2, 0) is 46.9 Å². The van der Waals surface area contributed by atoms with Gasteiger partial charge < -0.3 is 24.8 Å². The SMILES string of the molecule is CC(C)(C)c1ccc([C](=[Zr+2])c2ccc(C(C)(C)C)cc2)cc1.CC1=CC=c2c1c1c(c3c2=C(C)[CH-]C3(C)C)CC2=C1CC(C)(C)C=C2.[Cl-].[Cl-].c1cc[cH-]c1. The van der Waals surface area contributed by atoms with Gasteiger partial charge in [-0.2, -0.15) is 23.4 Å². The minimum atomic E-state index is 0. The van der Waals surface area contributed by atoms with Crippen LogP contribution < -0.4 is 35.3 Å². The van der Waals surface area contributed by atoms with Crippen molar-refractivity contribution in [2.24, 2.45) is 5.41 Å². The molecule has 0 bridgehead atoms. The van der Waals surface area contributed by atoms with E-state index in [0.29, 0.717) is 0 Å². The maximum Gasteiger partial charge on any atom is -0.00291 e. The molecule has 0 saturated carbocycles. The molecular weight excluding hydrogens is 775 g/mol. The van der Waals surface area contributed by atoms with Gasteiger partial charge in [0.1, 0.15) is 0 Å². The summed E-state index contributed by atoms with van der Waals surface area (Å²) in [6.07, 6.45) is 14.3. The first-order valence-corrected chi connectivity index (χ1v) is 20.4. The second-order valence-corrected chi connectivity index (χ2v) is 19.9. The van der Waals surface area contributed by atoms with Gasteiger partial charge in [-0.15, -0.1) is 5.56 Å². The van der Waals surface area contributed by atoms with E-state index in [1.54, 1.807) is 27.8 Å². The molecule has 4 aromatic carbocycles. The number of fused-ring (bicyclic) bond motifs is 7. The molecule has 3 heteroatoms. The molecule has 0 fully saturated rings. The molecule has 0 atom stereocenters. The molecule has 0 aliphatic heterocycles. The van der Waals surface area contributed by atoms with Gasteiger partial charge in [-0.25, -0.2) is 24.1 Å². The Kier molecular flexibility index (Phi) is 13.3. The number of rotatable bonds is 2. The third kappa shape index (κ3) is 8.91. The van der Waals surface area contributed by atoms with Crippen molar-refractivity contribution in [2.75, 3.05) is 0 Å². The molecule has 4 aromatic rings. The molecule has 0 radical (unpaired) electrons. The number of hydrogen-bond acceptors (Lipinski definition) is 0. The molecule has 0 saturated heterocycles. The predicted molar refractivity (Wildman–Crippen MR) is 224 cm³/mol. The van der Waals surface area contributed by atoms with Gasteiger partial charge in [0, 0.05) is 0 Å². The summed E-state index contributed by atoms with van der Waals surface area (Å²) in [7, 11) is 0. The second-order valence-electron chi connectivity index (χ2n) is 18.6. The minimum Gasteiger partial charge on any atom is -1.00 e. The van der Waals surface area contributed by atoms with Crippen LogP contribution in [0.25, 0.3) is 22.8 Å². The smallest absolute Gasteiger partial charge is 0.00291 e. The van der Waals surface area contributed by atoms with Gasteiger partial charge in [-0.3, -0.25) is 0 Å². The molecule has 0 heterocycles. The van der Waals surface area contributed by atoms with Crippen LogP contribution in [0.15, 0.2) is 103 Å². The number of halogens is 2. The van der Waals surface area contributed by atoms with E-state index >= 15 is 0 Å². The predicted octanol–water partition coefficient (Wildman–Crippen LogP) is 5.66. The standard InChI is InChI=1S/C25H27.C21H26.C5H5.2ClH.Zr/c1-14-7-8-17-20(14)22-18(23-21(17)15(2)12-25(23,5)6)11-16-9-10-24(3,4)13-19(16)22;1-20(2,3)18-11-7-16(8-12-18)15-17-9-13-19(14-10-17)21(4,5)6;1-2-4-5-3-1;;;/h7-10,12H,11,13H2,1-6H3;7-14H,1-6H3;1-5H;2*1H;/q-1;;-1;;;+2/p-2. The first-order chi connectivity index (χ1) is 24.3. The number of hydrogen-bond donors (Lipinski definition) is 0. The van der Waals surface area contributed by atoms with E-state index in [0.717, 1.165) is 12.8 Å². The summed E-state index contributed by atoms with van der Waals surface area (Å²) in [5, 5.41) is 3.00. The fraction of sp³-hybridized carbons (Fsp3) is 0.353. The Morgan fingerprint density at radius 1 is 0.722 bits per heavy atom. The summed E-state index contributed by atoms with van der Waals surface area (Å²) in [5.74, 6) is 0. The largest absolute Gasteiger partial charge is 1.00 e. The van der Waals surface area contributed by atoms with Crippen LogP contribution in [-0.4, -0.2) is 3.21 Å². The van der Waals surface area contributed by atoms with E-state index in [1.807, 2.05) is 30.3 Å². The van der Waals surface area contributed by atoms with E-state index < -0.39 is 0 Å². The summed E-state index contributed by atoms with van der Waals surface area (Å²) in [6, 6.07) is 28.1. The molecule has 282 valence electrons. The normalized spacial score (nSPS) is 16.7. The van der Waals surface area contributed by atoms with Gasteiger partial charge in [0.15, 0.2) is 0 Å². The number of benzene rings is 3. The molecule has 54 heavy (non-hydrogen) atoms. The average Bonchev–Trinajstić information content (AvgIpc) is 3.87. The maximum atomic E-state index is 2.48. The summed E-state index contributed by atoms with van der Waals surface area (Å²) in [4.78, 5) is 0. The fourth-order valence-corrected chi connectivity index (χ4v) is 9.25. The molecule has 0 spiro atoms. The molecule has 0 aromatic heterocycles. The number of allylic oxidation sites excluding steroid dienone is 6. The van der Waals surface area contributed by atoms with Gasteiger partial charge in [0.25, 0.3) is 0 Å². The Morgan fingerprint density at radius 2 is 1.24 bits per heavy atom. The summed E-state index contributed by atoms with van der Waals surface area (Å²) >= 11 is 1.46. The van der Waals surface area contributed by atoms with E-state index in [9.17, 15) is 0 Å². The molecule has 0 N–H and O–H groups in total. The third-order valence-electron chi connectivity index (χ3n) is 11.2. The van der Waals surface area contributed by atoms with Crippen molar-refractivity contribution in [1.29, 1.82) is 0 Å². The van der Waals surface area contributed by atoms with Gasteiger partial charge in [0.2, 0.25) is 0 Å². The summed E-state index contributed by atoms with van der Waals surface area (Å²) in [6.45, 7) is 27.7. The van der Waals surface area contributed by atoms with E-state index in [2.05, 4.69) is 162 Å². The van der Waals surface area contributed by atoms with Crippen LogP contribution in [0.1, 0.15) is 134 Å². The van der Waals surface area contributed by atoms with Gasteiger partial charge >= 0.3 is 151 Å². The van der Waals surface area contributed by atoms with Crippen LogP contribution >= 0.6 is 0 Å². The average molecular weight is 833 g/mol. The Labute approximate surface area is 354 Å². The Hall–Kier alpha value is -2.83. The zero-order chi connectivity index (χ0) is 37.8. The van der Waals surface area contributed by atoms with Gasteiger partial charge in [0.05, 0.1) is 0 Å². The van der Waals surface area contributed by atoms with Crippen LogP contribution in [0.2, 0.25) is 0 Å². The van der Waals surface area contributed by atoms with Crippen molar-refractivity contribution >= 4 is 26.0 Å². The second kappa shape index (κ2) is 16.3. The van der Waals surface area contributed by atoms with Crippen molar-refractivity contribution < 1.29 is 49.0 Å². The van der Waals surface area contributed by atoms with Crippen molar-refractivity contribution in [3.05, 3.63) is 164 Å². The Morgan fingerprint density at radius 3 is 1.70 bits per heavy atom. The van der Waals surface area contributed by atoms with Crippen LogP contribution in [0.4, 0.5) is 0 Å². The summed E-state index contributed by atoms with van der Waals surface area (Å²) in [5.41, 5.74) is 18.7. The molecule has 0 amide bonds. The zero-order valence-electron chi connectivity index (χ0n) is 34.6.